The van der Waals surface area contributed by atoms with E-state index in [1.165, 1.54) is 23.1 Å². The van der Waals surface area contributed by atoms with Crippen molar-refractivity contribution >= 4 is 29.5 Å². The third-order valence-corrected chi connectivity index (χ3v) is 5.68. The summed E-state index contributed by atoms with van der Waals surface area (Å²) in [6.45, 7) is 9.97. The number of nitrogens with zero attached hydrogens (tertiary/aromatic N) is 2. The van der Waals surface area contributed by atoms with E-state index in [4.69, 9.17) is 0 Å². The first-order valence-corrected chi connectivity index (χ1v) is 10.8. The molecule has 1 saturated heterocycles. The van der Waals surface area contributed by atoms with Crippen LogP contribution in [0, 0.1) is 5.92 Å². The summed E-state index contributed by atoms with van der Waals surface area (Å²) >= 11 is 0. The average Bonchev–Trinajstić information content (AvgIpc) is 3.22. The zero-order chi connectivity index (χ0) is 23.8. The Labute approximate surface area is 187 Å². The molecule has 1 fully saturated rings. The van der Waals surface area contributed by atoms with Crippen molar-refractivity contribution in [2.24, 2.45) is 5.92 Å². The molecule has 9 nitrogen and oxygen atoms in total. The Morgan fingerprint density at radius 3 is 2.25 bits per heavy atom. The molecule has 32 heavy (non-hydrogen) atoms. The van der Waals surface area contributed by atoms with Crippen LogP contribution in [0.5, 0.6) is 0 Å². The molecule has 2 aliphatic rings. The lowest BCUT2D eigenvalue weighted by molar-refractivity contribution is -0.129. The summed E-state index contributed by atoms with van der Waals surface area (Å²) in [5, 5.41) is 5.45. The first-order valence-electron chi connectivity index (χ1n) is 10.8. The Bertz CT molecular complexity index is 979. The highest BCUT2D eigenvalue weighted by atomic mass is 16.2. The van der Waals surface area contributed by atoms with Gasteiger partial charge in [0.2, 0.25) is 11.8 Å². The summed E-state index contributed by atoms with van der Waals surface area (Å²) in [7, 11) is 0. The van der Waals surface area contributed by atoms with Crippen LogP contribution in [0.1, 0.15) is 72.1 Å². The minimum Gasteiger partial charge on any atom is -0.354 e. The van der Waals surface area contributed by atoms with Crippen molar-refractivity contribution in [1.82, 2.24) is 20.4 Å². The monoisotopic (exact) mass is 442 g/mol. The Morgan fingerprint density at radius 2 is 1.66 bits per heavy atom. The standard InChI is InChI=1S/C23H30N4O5/c1-13(2)26-12-15(11-18(26)28)20(30)25-9-8-24-19(29)14-6-7-16-17(10-14)22(32)27(21(16)31)23(3,4)5/h6-7,10,13,15H,8-9,11-12H2,1-5H3,(H,24,29)(H,25,30). The molecule has 0 radical (unpaired) electrons. The molecule has 0 spiro atoms. The largest absolute Gasteiger partial charge is 0.354 e. The van der Waals surface area contributed by atoms with Gasteiger partial charge < -0.3 is 15.5 Å². The molecule has 3 rings (SSSR count). The maximum absolute atomic E-state index is 12.7. The van der Waals surface area contributed by atoms with Crippen LogP contribution in [0.15, 0.2) is 18.2 Å². The van der Waals surface area contributed by atoms with Gasteiger partial charge in [0, 0.05) is 43.2 Å². The van der Waals surface area contributed by atoms with Crippen molar-refractivity contribution in [3.8, 4) is 0 Å². The molecule has 1 aromatic carbocycles. The van der Waals surface area contributed by atoms with Crippen LogP contribution in [0.25, 0.3) is 0 Å². The molecule has 1 atom stereocenters. The zero-order valence-corrected chi connectivity index (χ0v) is 19.2. The van der Waals surface area contributed by atoms with Gasteiger partial charge in [0.25, 0.3) is 17.7 Å². The van der Waals surface area contributed by atoms with E-state index < -0.39 is 17.4 Å². The molecule has 0 bridgehead atoms. The lowest BCUT2D eigenvalue weighted by atomic mass is 10.1. The quantitative estimate of drug-likeness (QED) is 0.507. The molecule has 2 aliphatic heterocycles. The van der Waals surface area contributed by atoms with E-state index in [-0.39, 0.29) is 65.9 Å². The molecular weight excluding hydrogens is 412 g/mol. The normalized spacial score (nSPS) is 18.4. The van der Waals surface area contributed by atoms with Gasteiger partial charge in [-0.2, -0.15) is 0 Å². The molecule has 2 N–H and O–H groups in total. The van der Waals surface area contributed by atoms with Crippen LogP contribution in [-0.2, 0) is 9.59 Å². The van der Waals surface area contributed by atoms with Gasteiger partial charge in [-0.25, -0.2) is 0 Å². The van der Waals surface area contributed by atoms with Crippen molar-refractivity contribution in [1.29, 1.82) is 0 Å². The topological polar surface area (TPSA) is 116 Å². The Hall–Kier alpha value is -3.23. The van der Waals surface area contributed by atoms with Crippen LogP contribution < -0.4 is 10.6 Å². The fourth-order valence-electron chi connectivity index (χ4n) is 4.01. The van der Waals surface area contributed by atoms with E-state index >= 15 is 0 Å². The third-order valence-electron chi connectivity index (χ3n) is 5.68. The first kappa shape index (κ1) is 23.4. The molecular formula is C23H30N4O5. The van der Waals surface area contributed by atoms with Gasteiger partial charge >= 0.3 is 0 Å². The Kier molecular flexibility index (Phi) is 6.39. The van der Waals surface area contributed by atoms with Gasteiger partial charge in [0.1, 0.15) is 0 Å². The minimum absolute atomic E-state index is 0.0249. The smallest absolute Gasteiger partial charge is 0.262 e. The number of carbonyl (C=O) groups is 5. The van der Waals surface area contributed by atoms with E-state index in [2.05, 4.69) is 10.6 Å². The molecule has 1 aromatic rings. The van der Waals surface area contributed by atoms with Gasteiger partial charge in [-0.05, 0) is 52.8 Å². The fourth-order valence-corrected chi connectivity index (χ4v) is 4.01. The SMILES string of the molecule is CC(C)N1CC(C(=O)NCCNC(=O)c2ccc3c(c2)C(=O)N(C(C)(C)C)C3=O)CC1=O. The summed E-state index contributed by atoms with van der Waals surface area (Å²) < 4.78 is 0. The summed E-state index contributed by atoms with van der Waals surface area (Å²) in [5.41, 5.74) is 0.104. The van der Waals surface area contributed by atoms with E-state index in [1.807, 2.05) is 13.8 Å². The Balaban J connectivity index is 1.52. The van der Waals surface area contributed by atoms with E-state index in [0.717, 1.165) is 0 Å². The fraction of sp³-hybridized carbons (Fsp3) is 0.522. The highest BCUT2D eigenvalue weighted by Crippen LogP contribution is 2.29. The minimum atomic E-state index is -0.663. The molecule has 5 amide bonds. The van der Waals surface area contributed by atoms with E-state index in [1.54, 1.807) is 25.7 Å². The predicted molar refractivity (Wildman–Crippen MR) is 117 cm³/mol. The number of fused-ring (bicyclic) bond motifs is 1. The summed E-state index contributed by atoms with van der Waals surface area (Å²) in [6.07, 6.45) is 0.198. The van der Waals surface area contributed by atoms with Gasteiger partial charge in [0.05, 0.1) is 17.0 Å². The predicted octanol–water partition coefficient (Wildman–Crippen LogP) is 1.18. The van der Waals surface area contributed by atoms with Crippen LogP contribution in [0.3, 0.4) is 0 Å². The summed E-state index contributed by atoms with van der Waals surface area (Å²) in [5.74, 6) is -1.80. The highest BCUT2D eigenvalue weighted by Gasteiger charge is 2.42. The molecule has 0 aliphatic carbocycles. The maximum Gasteiger partial charge on any atom is 0.262 e. The number of imide groups is 1. The molecule has 9 heteroatoms. The molecule has 2 heterocycles. The second-order valence-corrected chi connectivity index (χ2v) is 9.46. The number of hydrogen-bond donors (Lipinski definition) is 2. The van der Waals surface area contributed by atoms with E-state index in [0.29, 0.717) is 6.54 Å². The van der Waals surface area contributed by atoms with Crippen LogP contribution in [0.4, 0.5) is 0 Å². The van der Waals surface area contributed by atoms with Gasteiger partial charge in [-0.15, -0.1) is 0 Å². The van der Waals surface area contributed by atoms with Crippen molar-refractivity contribution in [3.63, 3.8) is 0 Å². The number of rotatable bonds is 6. The van der Waals surface area contributed by atoms with Gasteiger partial charge in [-0.3, -0.25) is 28.9 Å². The molecule has 172 valence electrons. The molecule has 1 unspecified atom stereocenters. The lowest BCUT2D eigenvalue weighted by Crippen LogP contribution is -2.45. The van der Waals surface area contributed by atoms with Crippen molar-refractivity contribution in [2.45, 2.75) is 52.6 Å². The first-order chi connectivity index (χ1) is 14.9. The number of likely N-dealkylation sites (tertiary alicyclic amines) is 1. The van der Waals surface area contributed by atoms with Gasteiger partial charge in [-0.1, -0.05) is 0 Å². The average molecular weight is 443 g/mol. The number of hydrogen-bond acceptors (Lipinski definition) is 5. The summed E-state index contributed by atoms with van der Waals surface area (Å²) in [4.78, 5) is 64.8. The lowest BCUT2D eigenvalue weighted by Gasteiger charge is -2.29. The third kappa shape index (κ3) is 4.51. The van der Waals surface area contributed by atoms with Crippen LogP contribution in [0.2, 0.25) is 0 Å². The van der Waals surface area contributed by atoms with Crippen molar-refractivity contribution in [2.75, 3.05) is 19.6 Å². The van der Waals surface area contributed by atoms with Crippen LogP contribution >= 0.6 is 0 Å². The Morgan fingerprint density at radius 1 is 1.03 bits per heavy atom. The number of amides is 5. The number of nitrogens with one attached hydrogen (secondary N) is 2. The summed E-state index contributed by atoms with van der Waals surface area (Å²) in [6, 6.07) is 4.49. The zero-order valence-electron chi connectivity index (χ0n) is 19.2. The van der Waals surface area contributed by atoms with Crippen LogP contribution in [-0.4, -0.2) is 70.6 Å². The highest BCUT2D eigenvalue weighted by molar-refractivity contribution is 6.22. The molecule has 0 aromatic heterocycles. The molecule has 0 saturated carbocycles. The number of carbonyl (C=O) groups excluding carboxylic acids is 5. The van der Waals surface area contributed by atoms with Crippen molar-refractivity contribution < 1.29 is 24.0 Å². The second kappa shape index (κ2) is 8.72. The second-order valence-electron chi connectivity index (χ2n) is 9.46. The number of benzene rings is 1. The van der Waals surface area contributed by atoms with E-state index in [9.17, 15) is 24.0 Å². The van der Waals surface area contributed by atoms with Gasteiger partial charge in [0.15, 0.2) is 0 Å². The van der Waals surface area contributed by atoms with Crippen molar-refractivity contribution in [3.05, 3.63) is 34.9 Å². The maximum atomic E-state index is 12.7.